The van der Waals surface area contributed by atoms with E-state index < -0.39 is 6.09 Å². The smallest absolute Gasteiger partial charge is 0.414 e. The zero-order valence-corrected chi connectivity index (χ0v) is 13.7. The first kappa shape index (κ1) is 16.6. The topological polar surface area (TPSA) is 38.8 Å². The van der Waals surface area contributed by atoms with Crippen LogP contribution < -0.4 is 9.64 Å². The van der Waals surface area contributed by atoms with Gasteiger partial charge in [-0.15, -0.1) is 0 Å². The molecule has 0 aliphatic heterocycles. The lowest BCUT2D eigenvalue weighted by atomic mass is 9.97. The number of hydrogen-bond donors (Lipinski definition) is 0. The van der Waals surface area contributed by atoms with Crippen molar-refractivity contribution in [2.24, 2.45) is 0 Å². The molecule has 4 heteroatoms. The molecule has 2 aromatic carbocycles. The summed E-state index contributed by atoms with van der Waals surface area (Å²) in [5.74, 6) is 0.764. The molecule has 0 aromatic heterocycles. The molecule has 0 saturated heterocycles. The molecule has 0 aliphatic carbocycles. The Morgan fingerprint density at radius 3 is 2.61 bits per heavy atom. The second-order valence-electron chi connectivity index (χ2n) is 4.99. The van der Waals surface area contributed by atoms with E-state index in [0.29, 0.717) is 6.61 Å². The van der Waals surface area contributed by atoms with Crippen LogP contribution in [0.25, 0.3) is 5.57 Å². The van der Waals surface area contributed by atoms with Gasteiger partial charge in [0.1, 0.15) is 5.75 Å². The summed E-state index contributed by atoms with van der Waals surface area (Å²) in [6, 6.07) is 15.3. The van der Waals surface area contributed by atoms with Gasteiger partial charge in [-0.3, -0.25) is 4.90 Å². The highest BCUT2D eigenvalue weighted by Crippen LogP contribution is 2.31. The highest BCUT2D eigenvalue weighted by atomic mass is 16.6. The number of para-hydroxylation sites is 1. The second-order valence-corrected chi connectivity index (χ2v) is 4.99. The zero-order valence-electron chi connectivity index (χ0n) is 13.7. The van der Waals surface area contributed by atoms with E-state index in [0.717, 1.165) is 28.1 Å². The Labute approximate surface area is 137 Å². The minimum absolute atomic E-state index is 0.335. The molecule has 0 heterocycles. The van der Waals surface area contributed by atoms with Crippen LogP contribution >= 0.6 is 0 Å². The zero-order chi connectivity index (χ0) is 16.8. The van der Waals surface area contributed by atoms with Crippen LogP contribution in [0.4, 0.5) is 10.5 Å². The predicted molar refractivity (Wildman–Crippen MR) is 93.0 cm³/mol. The summed E-state index contributed by atoms with van der Waals surface area (Å²) in [4.78, 5) is 13.5. The van der Waals surface area contributed by atoms with E-state index in [2.05, 4.69) is 6.58 Å². The third-order valence-electron chi connectivity index (χ3n) is 3.55. The van der Waals surface area contributed by atoms with E-state index in [-0.39, 0.29) is 0 Å². The monoisotopic (exact) mass is 311 g/mol. The van der Waals surface area contributed by atoms with E-state index in [9.17, 15) is 4.79 Å². The maximum Gasteiger partial charge on any atom is 0.414 e. The van der Waals surface area contributed by atoms with Crippen molar-refractivity contribution in [3.63, 3.8) is 0 Å². The van der Waals surface area contributed by atoms with Gasteiger partial charge in [0.05, 0.1) is 19.4 Å². The van der Waals surface area contributed by atoms with E-state index in [1.54, 1.807) is 21.1 Å². The maximum atomic E-state index is 12.0. The largest absolute Gasteiger partial charge is 0.497 e. The summed E-state index contributed by atoms with van der Waals surface area (Å²) in [7, 11) is 3.32. The normalized spacial score (nSPS) is 10.0. The first-order valence-electron chi connectivity index (χ1n) is 7.41. The Morgan fingerprint density at radius 1 is 1.17 bits per heavy atom. The molecule has 23 heavy (non-hydrogen) atoms. The van der Waals surface area contributed by atoms with Crippen LogP contribution in [-0.2, 0) is 4.74 Å². The summed E-state index contributed by atoms with van der Waals surface area (Å²) in [6.07, 6.45) is -0.390. The lowest BCUT2D eigenvalue weighted by Gasteiger charge is -2.21. The standard InChI is InChI=1S/C19H21NO3/c1-5-23-19(21)20(3)18-12-7-6-11-17(18)14(2)15-9-8-10-16(13-15)22-4/h6-13H,2,5H2,1,3-4H3. The van der Waals surface area contributed by atoms with Gasteiger partial charge >= 0.3 is 6.09 Å². The number of anilines is 1. The number of amides is 1. The lowest BCUT2D eigenvalue weighted by Crippen LogP contribution is -2.27. The lowest BCUT2D eigenvalue weighted by molar-refractivity contribution is 0.161. The molecule has 4 nitrogen and oxygen atoms in total. The summed E-state index contributed by atoms with van der Waals surface area (Å²) >= 11 is 0. The number of ether oxygens (including phenoxy) is 2. The molecule has 1 amide bonds. The molecule has 2 rings (SSSR count). The molecular formula is C19H21NO3. The average Bonchev–Trinajstić information content (AvgIpc) is 2.60. The van der Waals surface area contributed by atoms with Crippen LogP contribution in [0, 0.1) is 0 Å². The Morgan fingerprint density at radius 2 is 1.91 bits per heavy atom. The summed E-state index contributed by atoms with van der Waals surface area (Å²) in [5.41, 5.74) is 3.37. The number of benzene rings is 2. The van der Waals surface area contributed by atoms with Gasteiger partial charge in [0.15, 0.2) is 0 Å². The number of methoxy groups -OCH3 is 1. The Kier molecular flexibility index (Phi) is 5.41. The fourth-order valence-corrected chi connectivity index (χ4v) is 2.31. The predicted octanol–water partition coefficient (Wildman–Crippen LogP) is 4.35. The summed E-state index contributed by atoms with van der Waals surface area (Å²) < 4.78 is 10.3. The molecule has 120 valence electrons. The minimum atomic E-state index is -0.390. The van der Waals surface area contributed by atoms with Crippen LogP contribution in [0.15, 0.2) is 55.1 Å². The molecule has 0 atom stereocenters. The van der Waals surface area contributed by atoms with Crippen molar-refractivity contribution in [2.45, 2.75) is 6.92 Å². The van der Waals surface area contributed by atoms with E-state index in [4.69, 9.17) is 9.47 Å². The third kappa shape index (κ3) is 3.72. The molecule has 0 bridgehead atoms. The van der Waals surface area contributed by atoms with E-state index in [1.165, 1.54) is 4.90 Å². The number of carbonyl (C=O) groups is 1. The van der Waals surface area contributed by atoms with Crippen molar-refractivity contribution in [3.8, 4) is 5.75 Å². The first-order valence-corrected chi connectivity index (χ1v) is 7.41. The van der Waals surface area contributed by atoms with Crippen LogP contribution in [0.5, 0.6) is 5.75 Å². The van der Waals surface area contributed by atoms with Gasteiger partial charge < -0.3 is 9.47 Å². The Balaban J connectivity index is 2.39. The molecule has 0 fully saturated rings. The molecule has 0 saturated carbocycles. The molecule has 0 unspecified atom stereocenters. The highest BCUT2D eigenvalue weighted by Gasteiger charge is 2.17. The van der Waals surface area contributed by atoms with Gasteiger partial charge in [-0.05, 0) is 36.3 Å². The van der Waals surface area contributed by atoms with Gasteiger partial charge in [0.2, 0.25) is 0 Å². The quantitative estimate of drug-likeness (QED) is 0.824. The van der Waals surface area contributed by atoms with Crippen molar-refractivity contribution in [2.75, 3.05) is 25.7 Å². The number of rotatable bonds is 5. The van der Waals surface area contributed by atoms with Crippen molar-refractivity contribution in [1.29, 1.82) is 0 Å². The van der Waals surface area contributed by atoms with Gasteiger partial charge in [0, 0.05) is 12.6 Å². The van der Waals surface area contributed by atoms with Gasteiger partial charge in [-0.2, -0.15) is 0 Å². The summed E-state index contributed by atoms with van der Waals surface area (Å²) in [6.45, 7) is 6.30. The minimum Gasteiger partial charge on any atom is -0.497 e. The van der Waals surface area contributed by atoms with Crippen LogP contribution in [0.1, 0.15) is 18.1 Å². The summed E-state index contributed by atoms with van der Waals surface area (Å²) in [5, 5.41) is 0. The highest BCUT2D eigenvalue weighted by molar-refractivity contribution is 5.94. The Hall–Kier alpha value is -2.75. The number of carbonyl (C=O) groups excluding carboxylic acids is 1. The first-order chi connectivity index (χ1) is 11.1. The molecule has 0 N–H and O–H groups in total. The van der Waals surface area contributed by atoms with Crippen LogP contribution in [0.2, 0.25) is 0 Å². The van der Waals surface area contributed by atoms with Crippen molar-refractivity contribution in [3.05, 3.63) is 66.2 Å². The molecular weight excluding hydrogens is 290 g/mol. The van der Waals surface area contributed by atoms with Gasteiger partial charge in [0.25, 0.3) is 0 Å². The maximum absolute atomic E-state index is 12.0. The fourth-order valence-electron chi connectivity index (χ4n) is 2.31. The molecule has 0 aliphatic rings. The molecule has 0 radical (unpaired) electrons. The van der Waals surface area contributed by atoms with Crippen molar-refractivity contribution < 1.29 is 14.3 Å². The molecule has 2 aromatic rings. The fraction of sp³-hybridized carbons (Fsp3) is 0.211. The van der Waals surface area contributed by atoms with Crippen molar-refractivity contribution >= 4 is 17.4 Å². The number of hydrogen-bond acceptors (Lipinski definition) is 3. The second kappa shape index (κ2) is 7.49. The SMILES string of the molecule is C=C(c1cccc(OC)c1)c1ccccc1N(C)C(=O)OCC. The van der Waals surface area contributed by atoms with Crippen LogP contribution in [-0.4, -0.2) is 26.9 Å². The van der Waals surface area contributed by atoms with E-state index in [1.807, 2.05) is 48.5 Å². The molecule has 0 spiro atoms. The Bertz CT molecular complexity index is 709. The van der Waals surface area contributed by atoms with Gasteiger partial charge in [-0.1, -0.05) is 36.9 Å². The third-order valence-corrected chi connectivity index (χ3v) is 3.55. The van der Waals surface area contributed by atoms with Crippen LogP contribution in [0.3, 0.4) is 0 Å². The van der Waals surface area contributed by atoms with E-state index >= 15 is 0 Å². The number of nitrogens with zero attached hydrogens (tertiary/aromatic N) is 1. The average molecular weight is 311 g/mol. The van der Waals surface area contributed by atoms with Gasteiger partial charge in [-0.25, -0.2) is 4.79 Å². The van der Waals surface area contributed by atoms with Crippen molar-refractivity contribution in [1.82, 2.24) is 0 Å².